The number of carbonyl (C=O) groups is 2. The maximum absolute atomic E-state index is 15.4. The van der Waals surface area contributed by atoms with E-state index in [0.717, 1.165) is 43.2 Å². The van der Waals surface area contributed by atoms with E-state index in [1.54, 1.807) is 22.8 Å². The molecule has 0 aliphatic carbocycles. The number of nitrogens with zero attached hydrogens (tertiary/aromatic N) is 1. The molecule has 0 saturated heterocycles. The summed E-state index contributed by atoms with van der Waals surface area (Å²) in [6.45, 7) is 0.0221. The molecule has 0 saturated carbocycles. The molecule has 1 heterocycles. The first-order chi connectivity index (χ1) is 39.4. The monoisotopic (exact) mass is 1170 g/mol. The number of ether oxygens (including phenoxy) is 1. The maximum atomic E-state index is 15.4. The summed E-state index contributed by atoms with van der Waals surface area (Å²) in [5, 5.41) is 7.46. The maximum Gasteiger partial charge on any atom is 0.409 e. The van der Waals surface area contributed by atoms with Gasteiger partial charge in [0.1, 0.15) is 58.4 Å². The van der Waals surface area contributed by atoms with Gasteiger partial charge in [0.05, 0.1) is 0 Å². The number of esters is 1. The minimum absolute atomic E-state index is 0.0221. The highest BCUT2D eigenvalue weighted by atomic mass is 19.2. The molecule has 83 heavy (non-hydrogen) atoms. The van der Waals surface area contributed by atoms with E-state index in [4.69, 9.17) is 4.74 Å². The zero-order valence-electron chi connectivity index (χ0n) is 40.6. The number of carbonyl (C=O) groups excluding carboxylic acids is 2. The van der Waals surface area contributed by atoms with Crippen LogP contribution in [0.4, 0.5) is 87.8 Å². The highest BCUT2D eigenvalue weighted by molar-refractivity contribution is 7.20. The van der Waals surface area contributed by atoms with Crippen LogP contribution >= 0.6 is 0 Å². The van der Waals surface area contributed by atoms with Gasteiger partial charge in [-0.2, -0.15) is 4.57 Å². The Kier molecular flexibility index (Phi) is 14.4. The van der Waals surface area contributed by atoms with Gasteiger partial charge in [-0.25, -0.2) is 92.6 Å². The van der Waals surface area contributed by atoms with Crippen LogP contribution in [0.2, 0.25) is 0 Å². The summed E-state index contributed by atoms with van der Waals surface area (Å²) in [5.41, 5.74) is -12.6. The Labute approximate surface area is 449 Å². The van der Waals surface area contributed by atoms with Gasteiger partial charge in [0, 0.05) is 33.9 Å². The first kappa shape index (κ1) is 56.7. The number of para-hydroxylation sites is 1. The lowest BCUT2D eigenvalue weighted by Gasteiger charge is -2.44. The zero-order valence-corrected chi connectivity index (χ0v) is 40.6. The minimum Gasteiger partial charge on any atom is -0.418 e. The van der Waals surface area contributed by atoms with Crippen molar-refractivity contribution in [2.75, 3.05) is 0 Å². The molecule has 0 atom stereocenters. The normalized spacial score (nSPS) is 11.8. The summed E-state index contributed by atoms with van der Waals surface area (Å²) in [6.07, 6.45) is -7.22. The van der Waals surface area contributed by atoms with E-state index < -0.39 is 150 Å². The zero-order chi connectivity index (χ0) is 60.0. The molecule has 0 radical (unpaired) electrons. The molecule has 0 fully saturated rings. The van der Waals surface area contributed by atoms with Gasteiger partial charge in [0.2, 0.25) is 17.8 Å². The average Bonchev–Trinajstić information content (AvgIpc) is 1.07. The third kappa shape index (κ3) is 8.69. The van der Waals surface area contributed by atoms with Crippen LogP contribution in [0.5, 0.6) is 5.75 Å². The van der Waals surface area contributed by atoms with Gasteiger partial charge in [-0.15, -0.1) is 21.9 Å². The van der Waals surface area contributed by atoms with Crippen molar-refractivity contribution in [1.29, 1.82) is 0 Å². The first-order valence-corrected chi connectivity index (χ1v) is 23.5. The van der Waals surface area contributed by atoms with Crippen molar-refractivity contribution in [2.45, 2.75) is 6.54 Å². The number of ketones is 1. The molecule has 0 aliphatic rings. The second-order valence-electron chi connectivity index (χ2n) is 18.3. The first-order valence-electron chi connectivity index (χ1n) is 23.5. The molecule has 0 N–H and O–H groups in total. The van der Waals surface area contributed by atoms with E-state index in [-0.39, 0.29) is 12.3 Å². The molecule has 11 rings (SSSR count). The number of hydrogen-bond acceptors (Lipinski definition) is 3. The fourth-order valence-electron chi connectivity index (χ4n) is 10.3. The van der Waals surface area contributed by atoms with Crippen LogP contribution in [0, 0.1) is 116 Å². The van der Waals surface area contributed by atoms with E-state index in [1.165, 1.54) is 0 Å². The number of Topliss-reactive ketones (excluding diaryl/α,β-unsaturated/α-hetero) is 1. The number of benzene rings is 10. The third-order valence-electron chi connectivity index (χ3n) is 13.9. The lowest BCUT2D eigenvalue weighted by molar-refractivity contribution is -0.659. The van der Waals surface area contributed by atoms with Gasteiger partial charge in [-0.1, -0.05) is 84.9 Å². The van der Waals surface area contributed by atoms with Crippen LogP contribution in [-0.2, 0) is 6.54 Å². The van der Waals surface area contributed by atoms with E-state index in [0.29, 0.717) is 17.0 Å². The summed E-state index contributed by atoms with van der Waals surface area (Å²) < 4.78 is 302. The number of rotatable bonds is 9. The lowest BCUT2D eigenvalue weighted by atomic mass is 9.12. The number of pyridine rings is 1. The molecule has 1 aromatic heterocycles. The molecule has 10 aromatic carbocycles. The molecule has 4 nitrogen and oxygen atoms in total. The topological polar surface area (TPSA) is 47.2 Å². The molecule has 0 unspecified atom stereocenters. The van der Waals surface area contributed by atoms with Crippen LogP contribution in [0.1, 0.15) is 20.8 Å². The van der Waals surface area contributed by atoms with Crippen molar-refractivity contribution < 1.29 is 107 Å². The molecule has 0 aliphatic heterocycles. The van der Waals surface area contributed by atoms with E-state index in [9.17, 15) is 62.3 Å². The van der Waals surface area contributed by atoms with Crippen LogP contribution in [0.15, 0.2) is 121 Å². The molecular formula is C58H22BF20NO3. The predicted octanol–water partition coefficient (Wildman–Crippen LogP) is 13.0. The van der Waals surface area contributed by atoms with Crippen molar-refractivity contribution >= 4 is 83.0 Å². The smallest absolute Gasteiger partial charge is 0.409 e. The molecular weight excluding hydrogens is 1150 g/mol. The Morgan fingerprint density at radius 1 is 0.337 bits per heavy atom. The van der Waals surface area contributed by atoms with Crippen LogP contribution < -0.4 is 31.2 Å². The summed E-state index contributed by atoms with van der Waals surface area (Å²) in [6, 6.07) is 38.9. The summed E-state index contributed by atoms with van der Waals surface area (Å²) in [5.74, 6) is -71.5. The Morgan fingerprint density at radius 2 is 0.675 bits per heavy atom. The highest BCUT2D eigenvalue weighted by Gasteiger charge is 2.52. The Balaban J connectivity index is 0.000000187. The molecule has 0 bridgehead atoms. The summed E-state index contributed by atoms with van der Waals surface area (Å²) >= 11 is 0. The standard InChI is InChI=1S/C34H22NO3.C24BF20/c36-30(23-8-2-1-3-9-23)21-35-28-12-5-4-7-22(28)16-19-29(35)34(37)38-31-20-17-26-14-13-24-10-6-11-25-15-18-27(31)33(26)32(24)25;26-5-1(6(27)14(35)21(42)13(5)34)25(2-7(28)15(36)22(43)16(37)8(2)29,3-9(30)17(38)23(44)18(39)10(3)31)4-11(32)19(40)24(45)20(41)12(4)33/h1-20H,21H2;/q+1;-1. The molecule has 25 heteroatoms. The fourth-order valence-corrected chi connectivity index (χ4v) is 10.3. The molecule has 420 valence electrons. The predicted molar refractivity (Wildman–Crippen MR) is 259 cm³/mol. The van der Waals surface area contributed by atoms with E-state index in [2.05, 4.69) is 36.4 Å². The second kappa shape index (κ2) is 21.1. The van der Waals surface area contributed by atoms with Gasteiger partial charge < -0.3 is 4.74 Å². The van der Waals surface area contributed by atoms with Gasteiger partial charge in [-0.3, -0.25) is 4.79 Å². The summed E-state index contributed by atoms with van der Waals surface area (Å²) in [7, 11) is 0. The highest BCUT2D eigenvalue weighted by Crippen LogP contribution is 2.39. The van der Waals surface area contributed by atoms with Crippen molar-refractivity contribution in [3.63, 3.8) is 0 Å². The van der Waals surface area contributed by atoms with Crippen molar-refractivity contribution in [2.24, 2.45) is 0 Å². The Hall–Kier alpha value is -9.55. The van der Waals surface area contributed by atoms with Crippen LogP contribution in [0.3, 0.4) is 0 Å². The number of halogens is 20. The van der Waals surface area contributed by atoms with Crippen LogP contribution in [-0.4, -0.2) is 17.9 Å². The quantitative estimate of drug-likeness (QED) is 0.0167. The largest absolute Gasteiger partial charge is 0.418 e. The lowest BCUT2D eigenvalue weighted by Crippen LogP contribution is -2.81. The SMILES string of the molecule is Fc1c(F)c(F)c([B-](c2c(F)c(F)c(F)c(F)c2F)(c2c(F)c(F)c(F)c(F)c2F)c2c(F)c(F)c(F)c(F)c2F)c(F)c1F.O=C(C[n+]1c(C(=O)Oc2ccc3ccc4cccc5ccc2c3c45)ccc2ccccc21)c1ccccc1. The Bertz CT molecular complexity index is 4170. The average molecular weight is 1170 g/mol. The van der Waals surface area contributed by atoms with E-state index >= 15 is 35.1 Å². The molecule has 0 amide bonds. The number of fused-ring (bicyclic) bond motifs is 1. The van der Waals surface area contributed by atoms with Crippen molar-refractivity contribution in [3.05, 3.63) is 249 Å². The van der Waals surface area contributed by atoms with Gasteiger partial charge in [-0.05, 0) is 45.8 Å². The van der Waals surface area contributed by atoms with Gasteiger partial charge in [0.25, 0.3) is 5.69 Å². The minimum atomic E-state index is -7.22. The fraction of sp³-hybridized carbons (Fsp3) is 0.0172. The second-order valence-corrected chi connectivity index (χ2v) is 18.3. The molecule has 11 aromatic rings. The number of hydrogen-bond donors (Lipinski definition) is 0. The number of aromatic nitrogens is 1. The van der Waals surface area contributed by atoms with Gasteiger partial charge >= 0.3 is 5.97 Å². The summed E-state index contributed by atoms with van der Waals surface area (Å²) in [4.78, 5) is 26.9. The van der Waals surface area contributed by atoms with Crippen molar-refractivity contribution in [1.82, 2.24) is 0 Å². The Morgan fingerprint density at radius 3 is 1.11 bits per heavy atom. The molecule has 0 spiro atoms. The van der Waals surface area contributed by atoms with Gasteiger partial charge in [0.15, 0.2) is 69.8 Å². The van der Waals surface area contributed by atoms with Crippen LogP contribution in [0.25, 0.3) is 43.2 Å². The van der Waals surface area contributed by atoms with E-state index in [1.807, 2.05) is 66.7 Å². The van der Waals surface area contributed by atoms with Crippen molar-refractivity contribution in [3.8, 4) is 5.75 Å². The third-order valence-corrected chi connectivity index (χ3v) is 13.9.